The fourth-order valence-electron chi connectivity index (χ4n) is 6.91. The molecule has 0 bridgehead atoms. The number of ether oxygens (including phenoxy) is 5. The van der Waals surface area contributed by atoms with Crippen LogP contribution in [0.1, 0.15) is 63.3 Å². The molecular weight excluding hydrogens is 720 g/mol. The second kappa shape index (κ2) is 19.1. The molecule has 5 N–H and O–H groups in total. The minimum atomic E-state index is -0.826. The van der Waals surface area contributed by atoms with Gasteiger partial charge in [0.2, 0.25) is 18.2 Å². The van der Waals surface area contributed by atoms with Crippen molar-refractivity contribution < 1.29 is 38.1 Å². The highest BCUT2D eigenvalue weighted by molar-refractivity contribution is 5.86. The van der Waals surface area contributed by atoms with Crippen molar-refractivity contribution in [3.63, 3.8) is 0 Å². The smallest absolute Gasteiger partial charge is 0.407 e. The molecule has 2 aliphatic rings. The standard InChI is InChI=1S/C40H52N8O8/c1-24(2)34(47-37(49)29(16-19-52-3)45-39(51)54-5)36-42-22-32(44-36)28-14-10-26(11-15-28)25-8-12-27(13-9-25)31-21-41-35(43-31)33-7-6-18-48(33)38(50)30(17-20-53-4)46-40-55-23-56-40/h8-15,21-22,24,29-30,33-34,40,46H,6-7,16-20,23H2,1-5H3,(H,41,43)(H,42,44)(H,45,51)(H,47,49)/t29-,30?,33-,34-/m0/s1. The normalized spacial score (nSPS) is 17.3. The molecule has 2 aliphatic heterocycles. The summed E-state index contributed by atoms with van der Waals surface area (Å²) in [6.07, 6.45) is 4.80. The third-order valence-corrected chi connectivity index (χ3v) is 10.1. The Labute approximate surface area is 326 Å². The van der Waals surface area contributed by atoms with Gasteiger partial charge in [-0.05, 0) is 47.4 Å². The molecule has 0 radical (unpaired) electrons. The maximum absolute atomic E-state index is 13.6. The topological polar surface area (TPSA) is 194 Å². The van der Waals surface area contributed by atoms with E-state index in [1.54, 1.807) is 13.3 Å². The molecule has 4 heterocycles. The number of nitrogens with zero attached hydrogens (tertiary/aromatic N) is 3. The summed E-state index contributed by atoms with van der Waals surface area (Å²) in [5.74, 6) is 1.00. The number of benzene rings is 2. The van der Waals surface area contributed by atoms with E-state index in [1.165, 1.54) is 14.2 Å². The van der Waals surface area contributed by atoms with Crippen molar-refractivity contribution in [2.75, 3.05) is 47.9 Å². The van der Waals surface area contributed by atoms with Gasteiger partial charge in [-0.15, -0.1) is 0 Å². The number of aromatic nitrogens is 4. The number of methoxy groups -OCH3 is 3. The van der Waals surface area contributed by atoms with Crippen LogP contribution in [-0.4, -0.2) is 109 Å². The fourth-order valence-corrected chi connectivity index (χ4v) is 6.91. The molecule has 16 heteroatoms. The number of alkyl carbamates (subject to hydrolysis) is 1. The number of rotatable bonds is 18. The molecule has 0 spiro atoms. The zero-order chi connectivity index (χ0) is 39.6. The second-order valence-corrected chi connectivity index (χ2v) is 14.2. The van der Waals surface area contributed by atoms with Gasteiger partial charge in [0, 0.05) is 40.4 Å². The van der Waals surface area contributed by atoms with Gasteiger partial charge in [-0.2, -0.15) is 0 Å². The summed E-state index contributed by atoms with van der Waals surface area (Å²) in [4.78, 5) is 56.8. The van der Waals surface area contributed by atoms with Crippen LogP contribution in [0.15, 0.2) is 60.9 Å². The van der Waals surface area contributed by atoms with Crippen molar-refractivity contribution in [3.05, 3.63) is 72.6 Å². The molecule has 2 fully saturated rings. The van der Waals surface area contributed by atoms with Gasteiger partial charge in [-0.3, -0.25) is 14.9 Å². The van der Waals surface area contributed by atoms with Crippen LogP contribution in [0, 0.1) is 5.92 Å². The summed E-state index contributed by atoms with van der Waals surface area (Å²) in [5.41, 5.74) is 5.72. The molecule has 6 rings (SSSR count). The molecule has 4 aromatic rings. The van der Waals surface area contributed by atoms with Gasteiger partial charge in [0.15, 0.2) is 6.79 Å². The lowest BCUT2D eigenvalue weighted by molar-refractivity contribution is -0.335. The maximum atomic E-state index is 13.6. The molecule has 3 amide bonds. The number of H-pyrrole nitrogens is 2. The van der Waals surface area contributed by atoms with Gasteiger partial charge >= 0.3 is 6.09 Å². The number of amides is 3. The molecule has 2 aromatic heterocycles. The Morgan fingerprint density at radius 1 is 0.821 bits per heavy atom. The number of imidazole rings is 2. The molecule has 56 heavy (non-hydrogen) atoms. The number of carbonyl (C=O) groups excluding carboxylic acids is 3. The first-order valence-electron chi connectivity index (χ1n) is 18.9. The van der Waals surface area contributed by atoms with Crippen LogP contribution in [0.2, 0.25) is 0 Å². The number of likely N-dealkylation sites (tertiary alicyclic amines) is 1. The summed E-state index contributed by atoms with van der Waals surface area (Å²) in [7, 11) is 4.41. The Balaban J connectivity index is 1.09. The molecule has 16 nitrogen and oxygen atoms in total. The average Bonchev–Trinajstić information content (AvgIpc) is 3.99. The fraction of sp³-hybridized carbons (Fsp3) is 0.475. The Morgan fingerprint density at radius 2 is 1.41 bits per heavy atom. The van der Waals surface area contributed by atoms with E-state index in [9.17, 15) is 14.4 Å². The lowest BCUT2D eigenvalue weighted by Gasteiger charge is -2.34. The van der Waals surface area contributed by atoms with Crippen LogP contribution in [0.25, 0.3) is 33.6 Å². The highest BCUT2D eigenvalue weighted by Crippen LogP contribution is 2.33. The minimum absolute atomic E-state index is 0.00845. The largest absolute Gasteiger partial charge is 0.453 e. The Morgan fingerprint density at radius 3 is 1.98 bits per heavy atom. The van der Waals surface area contributed by atoms with Crippen molar-refractivity contribution in [2.24, 2.45) is 5.92 Å². The molecule has 1 unspecified atom stereocenters. The quantitative estimate of drug-likeness (QED) is 0.0945. The van der Waals surface area contributed by atoms with Crippen molar-refractivity contribution >= 4 is 17.9 Å². The van der Waals surface area contributed by atoms with Crippen LogP contribution in [0.3, 0.4) is 0 Å². The highest BCUT2D eigenvalue weighted by atomic mass is 16.9. The van der Waals surface area contributed by atoms with Crippen LogP contribution in [0.5, 0.6) is 0 Å². The first-order valence-corrected chi connectivity index (χ1v) is 18.9. The van der Waals surface area contributed by atoms with Gasteiger partial charge in [-0.25, -0.2) is 14.8 Å². The third kappa shape index (κ3) is 9.81. The van der Waals surface area contributed by atoms with Crippen LogP contribution >= 0.6 is 0 Å². The van der Waals surface area contributed by atoms with E-state index >= 15 is 0 Å². The van der Waals surface area contributed by atoms with Gasteiger partial charge in [0.25, 0.3) is 0 Å². The second-order valence-electron chi connectivity index (χ2n) is 14.2. The summed E-state index contributed by atoms with van der Waals surface area (Å²) in [5, 5.41) is 8.75. The van der Waals surface area contributed by atoms with E-state index in [-0.39, 0.29) is 43.6 Å². The van der Waals surface area contributed by atoms with Crippen LogP contribution in [-0.2, 0) is 33.3 Å². The minimum Gasteiger partial charge on any atom is -0.453 e. The first kappa shape index (κ1) is 40.5. The Bertz CT molecular complexity index is 1890. The molecule has 2 aromatic carbocycles. The number of hydrogen-bond acceptors (Lipinski definition) is 11. The molecule has 4 atom stereocenters. The SMILES string of the molecule is COCCC(NC1OCO1)C(=O)N1CCC[C@H]1c1ncc(-c2ccc(-c3ccc(-c4cnc([C@@H](NC(=O)[C@H](CCOC)NC(=O)OC)C(C)C)[nH]4)cc3)cc2)[nH]1. The van der Waals surface area contributed by atoms with Gasteiger partial charge in [0.1, 0.15) is 17.7 Å². The summed E-state index contributed by atoms with van der Waals surface area (Å²) in [6, 6.07) is 14.6. The third-order valence-electron chi connectivity index (χ3n) is 10.1. The van der Waals surface area contributed by atoms with Crippen molar-refractivity contribution in [1.82, 2.24) is 40.8 Å². The van der Waals surface area contributed by atoms with Crippen molar-refractivity contribution in [2.45, 2.75) is 70.1 Å². The Hall–Kier alpha value is -5.13. The van der Waals surface area contributed by atoms with Gasteiger partial charge < -0.3 is 49.2 Å². The number of nitrogens with one attached hydrogen (secondary N) is 5. The zero-order valence-electron chi connectivity index (χ0n) is 32.5. The van der Waals surface area contributed by atoms with Crippen LogP contribution in [0.4, 0.5) is 4.79 Å². The predicted molar refractivity (Wildman–Crippen MR) is 207 cm³/mol. The summed E-state index contributed by atoms with van der Waals surface area (Å²) < 4.78 is 25.7. The molecule has 300 valence electrons. The number of hydrogen-bond donors (Lipinski definition) is 5. The van der Waals surface area contributed by atoms with E-state index in [4.69, 9.17) is 28.7 Å². The van der Waals surface area contributed by atoms with E-state index in [2.05, 4.69) is 67.3 Å². The van der Waals surface area contributed by atoms with Gasteiger partial charge in [0.05, 0.1) is 49.0 Å². The molecule has 0 saturated carbocycles. The van der Waals surface area contributed by atoms with E-state index in [1.807, 2.05) is 37.1 Å². The van der Waals surface area contributed by atoms with Crippen molar-refractivity contribution in [3.8, 4) is 33.6 Å². The maximum Gasteiger partial charge on any atom is 0.407 e. The summed E-state index contributed by atoms with van der Waals surface area (Å²) in [6.45, 7) is 5.57. The van der Waals surface area contributed by atoms with Crippen LogP contribution < -0.4 is 16.0 Å². The lowest BCUT2D eigenvalue weighted by atomic mass is 10.0. The molecule has 0 aliphatic carbocycles. The lowest BCUT2D eigenvalue weighted by Crippen LogP contribution is -2.54. The zero-order valence-corrected chi connectivity index (χ0v) is 32.5. The number of aromatic amines is 2. The first-order chi connectivity index (χ1) is 27.2. The van der Waals surface area contributed by atoms with E-state index in [0.29, 0.717) is 25.4 Å². The molecule has 2 saturated heterocycles. The monoisotopic (exact) mass is 772 g/mol. The van der Waals surface area contributed by atoms with Crippen molar-refractivity contribution in [1.29, 1.82) is 0 Å². The number of carbonyl (C=O) groups is 3. The molecular formula is C40H52N8O8. The highest BCUT2D eigenvalue weighted by Gasteiger charge is 2.37. The van der Waals surface area contributed by atoms with E-state index < -0.39 is 30.6 Å². The van der Waals surface area contributed by atoms with Gasteiger partial charge in [-0.1, -0.05) is 62.4 Å². The summed E-state index contributed by atoms with van der Waals surface area (Å²) >= 11 is 0. The van der Waals surface area contributed by atoms with E-state index in [0.717, 1.165) is 52.3 Å². The predicted octanol–water partition coefficient (Wildman–Crippen LogP) is 4.65. The Kier molecular flexibility index (Phi) is 13.9. The average molecular weight is 773 g/mol.